The van der Waals surface area contributed by atoms with E-state index in [-0.39, 0.29) is 16.9 Å². The fourth-order valence-electron chi connectivity index (χ4n) is 2.40. The maximum Gasteiger partial charge on any atom is 0.142 e. The first-order valence-corrected chi connectivity index (χ1v) is 8.89. The summed E-state index contributed by atoms with van der Waals surface area (Å²) in [4.78, 5) is 1.28. The van der Waals surface area contributed by atoms with Crippen LogP contribution >= 0.6 is 34.3 Å². The van der Waals surface area contributed by atoms with Crippen molar-refractivity contribution in [3.05, 3.63) is 57.0 Å². The summed E-state index contributed by atoms with van der Waals surface area (Å²) in [5, 5.41) is 5.82. The van der Waals surface area contributed by atoms with Crippen molar-refractivity contribution in [2.45, 2.75) is 19.4 Å². The summed E-state index contributed by atoms with van der Waals surface area (Å²) in [6, 6.07) is 9.55. The van der Waals surface area contributed by atoms with Crippen molar-refractivity contribution < 1.29 is 4.39 Å². The van der Waals surface area contributed by atoms with Gasteiger partial charge in [-0.2, -0.15) is 0 Å². The molecule has 2 heterocycles. The summed E-state index contributed by atoms with van der Waals surface area (Å²) < 4.78 is 16.2. The predicted octanol–water partition coefficient (Wildman–Crippen LogP) is 5.65. The smallest absolute Gasteiger partial charge is 0.142 e. The quantitative estimate of drug-likeness (QED) is 0.633. The predicted molar refractivity (Wildman–Crippen MR) is 91.2 cm³/mol. The molecule has 0 spiro atoms. The molecule has 1 unspecified atom stereocenters. The zero-order valence-electron chi connectivity index (χ0n) is 11.5. The molecule has 0 bridgehead atoms. The SMILES string of the molecule is CCNC(Cc1cccc(F)c1Cl)c1cc2sccc2s1. The van der Waals surface area contributed by atoms with Gasteiger partial charge in [-0.05, 0) is 42.1 Å². The minimum absolute atomic E-state index is 0.166. The molecule has 110 valence electrons. The molecular weight excluding hydrogens is 325 g/mol. The maximum atomic E-state index is 13.6. The fraction of sp³-hybridized carbons (Fsp3) is 0.250. The Morgan fingerprint density at radius 3 is 2.90 bits per heavy atom. The van der Waals surface area contributed by atoms with Crippen molar-refractivity contribution in [2.24, 2.45) is 0 Å². The van der Waals surface area contributed by atoms with Crippen LogP contribution in [0, 0.1) is 5.82 Å². The molecule has 21 heavy (non-hydrogen) atoms. The van der Waals surface area contributed by atoms with E-state index in [1.165, 1.54) is 20.3 Å². The molecule has 0 aliphatic rings. The highest BCUT2D eigenvalue weighted by Crippen LogP contribution is 2.35. The van der Waals surface area contributed by atoms with E-state index in [1.54, 1.807) is 28.7 Å². The topological polar surface area (TPSA) is 12.0 Å². The van der Waals surface area contributed by atoms with Crippen molar-refractivity contribution in [2.75, 3.05) is 6.54 Å². The van der Waals surface area contributed by atoms with Crippen molar-refractivity contribution >= 4 is 43.7 Å². The van der Waals surface area contributed by atoms with Crippen LogP contribution in [0.2, 0.25) is 5.02 Å². The molecule has 0 saturated heterocycles. The van der Waals surface area contributed by atoms with Gasteiger partial charge in [0.15, 0.2) is 0 Å². The zero-order valence-corrected chi connectivity index (χ0v) is 13.9. The van der Waals surface area contributed by atoms with Crippen molar-refractivity contribution in [1.29, 1.82) is 0 Å². The van der Waals surface area contributed by atoms with E-state index >= 15 is 0 Å². The van der Waals surface area contributed by atoms with Gasteiger partial charge < -0.3 is 5.32 Å². The summed E-state index contributed by atoms with van der Waals surface area (Å²) in [6.07, 6.45) is 0.693. The lowest BCUT2D eigenvalue weighted by Crippen LogP contribution is -2.22. The standard InChI is InChI=1S/C16H15ClFNS2/c1-2-19-12(8-10-4-3-5-11(18)16(10)17)14-9-15-13(21-14)6-7-20-15/h3-7,9,12,19H,2,8H2,1H3. The van der Waals surface area contributed by atoms with Gasteiger partial charge in [-0.15, -0.1) is 22.7 Å². The molecule has 0 saturated carbocycles. The number of hydrogen-bond donors (Lipinski definition) is 1. The summed E-state index contributed by atoms with van der Waals surface area (Å²) >= 11 is 9.63. The van der Waals surface area contributed by atoms with Crippen LogP contribution in [-0.4, -0.2) is 6.54 Å². The largest absolute Gasteiger partial charge is 0.309 e. The summed E-state index contributed by atoms with van der Waals surface area (Å²) in [7, 11) is 0. The van der Waals surface area contributed by atoms with E-state index in [2.05, 4.69) is 29.8 Å². The van der Waals surface area contributed by atoms with E-state index in [9.17, 15) is 4.39 Å². The normalized spacial score (nSPS) is 12.9. The Hall–Kier alpha value is -0.940. The van der Waals surface area contributed by atoms with Gasteiger partial charge >= 0.3 is 0 Å². The monoisotopic (exact) mass is 339 g/mol. The number of halogens is 2. The summed E-state index contributed by atoms with van der Waals surface area (Å²) in [5.41, 5.74) is 0.847. The van der Waals surface area contributed by atoms with Crippen LogP contribution in [-0.2, 0) is 6.42 Å². The van der Waals surface area contributed by atoms with E-state index in [1.807, 2.05) is 6.07 Å². The molecule has 1 nitrogen and oxygen atoms in total. The second-order valence-corrected chi connectivity index (χ2v) is 7.27. The van der Waals surface area contributed by atoms with Crippen LogP contribution < -0.4 is 5.32 Å². The molecule has 3 aromatic rings. The van der Waals surface area contributed by atoms with Crippen molar-refractivity contribution in [1.82, 2.24) is 5.32 Å². The summed E-state index contributed by atoms with van der Waals surface area (Å²) in [6.45, 7) is 2.94. The Balaban J connectivity index is 1.90. The second kappa shape index (κ2) is 6.44. The van der Waals surface area contributed by atoms with Crippen LogP contribution in [0.25, 0.3) is 9.40 Å². The van der Waals surface area contributed by atoms with Gasteiger partial charge in [-0.25, -0.2) is 4.39 Å². The summed E-state index contributed by atoms with van der Waals surface area (Å²) in [5.74, 6) is -0.350. The van der Waals surface area contributed by atoms with Crippen LogP contribution in [0.4, 0.5) is 4.39 Å². The van der Waals surface area contributed by atoms with Crippen LogP contribution in [0.15, 0.2) is 35.7 Å². The third-order valence-electron chi connectivity index (χ3n) is 3.41. The molecule has 0 radical (unpaired) electrons. The molecule has 2 aromatic heterocycles. The lowest BCUT2D eigenvalue weighted by atomic mass is 10.0. The Kier molecular flexibility index (Phi) is 4.60. The molecule has 0 aliphatic carbocycles. The fourth-order valence-corrected chi connectivity index (χ4v) is 4.80. The highest BCUT2D eigenvalue weighted by atomic mass is 35.5. The third-order valence-corrected chi connectivity index (χ3v) is 6.04. The first-order valence-electron chi connectivity index (χ1n) is 6.82. The van der Waals surface area contributed by atoms with Gasteiger partial charge in [0.25, 0.3) is 0 Å². The number of likely N-dealkylation sites (N-methyl/N-ethyl adjacent to an activating group) is 1. The van der Waals surface area contributed by atoms with E-state index in [4.69, 9.17) is 11.6 Å². The number of fused-ring (bicyclic) bond motifs is 1. The van der Waals surface area contributed by atoms with Crippen molar-refractivity contribution in [3.8, 4) is 0 Å². The molecule has 0 aliphatic heterocycles. The number of benzene rings is 1. The lowest BCUT2D eigenvalue weighted by Gasteiger charge is -2.17. The van der Waals surface area contributed by atoms with Gasteiger partial charge in [-0.3, -0.25) is 0 Å². The number of rotatable bonds is 5. The minimum Gasteiger partial charge on any atom is -0.309 e. The van der Waals surface area contributed by atoms with Crippen molar-refractivity contribution in [3.63, 3.8) is 0 Å². The van der Waals surface area contributed by atoms with E-state index in [0.29, 0.717) is 6.42 Å². The Labute approximate surface area is 136 Å². The molecule has 5 heteroatoms. The van der Waals surface area contributed by atoms with Gasteiger partial charge in [0.05, 0.1) is 5.02 Å². The number of thiophene rings is 2. The molecule has 1 N–H and O–H groups in total. The Morgan fingerprint density at radius 2 is 2.14 bits per heavy atom. The highest BCUT2D eigenvalue weighted by Gasteiger charge is 2.17. The van der Waals surface area contributed by atoms with E-state index in [0.717, 1.165) is 12.1 Å². The second-order valence-electron chi connectivity index (χ2n) is 4.83. The minimum atomic E-state index is -0.350. The van der Waals surface area contributed by atoms with Gasteiger partial charge in [0.2, 0.25) is 0 Å². The molecule has 3 rings (SSSR count). The molecular formula is C16H15ClFNS2. The Morgan fingerprint density at radius 1 is 1.29 bits per heavy atom. The average molecular weight is 340 g/mol. The molecule has 1 atom stereocenters. The lowest BCUT2D eigenvalue weighted by molar-refractivity contribution is 0.555. The number of hydrogen-bond acceptors (Lipinski definition) is 3. The first-order chi connectivity index (χ1) is 10.2. The highest BCUT2D eigenvalue weighted by molar-refractivity contribution is 7.26. The Bertz CT molecular complexity index is 721. The van der Waals surface area contributed by atoms with Crippen LogP contribution in [0.1, 0.15) is 23.4 Å². The van der Waals surface area contributed by atoms with E-state index < -0.39 is 0 Å². The molecule has 1 aromatic carbocycles. The first kappa shape index (κ1) is 15.0. The van der Waals surface area contributed by atoms with Gasteiger partial charge in [-0.1, -0.05) is 30.7 Å². The molecule has 0 amide bonds. The number of nitrogens with one attached hydrogen (secondary N) is 1. The van der Waals surface area contributed by atoms with Crippen LogP contribution in [0.5, 0.6) is 0 Å². The van der Waals surface area contributed by atoms with Crippen LogP contribution in [0.3, 0.4) is 0 Å². The van der Waals surface area contributed by atoms with Gasteiger partial charge in [0, 0.05) is 20.3 Å². The third kappa shape index (κ3) is 3.14. The zero-order chi connectivity index (χ0) is 14.8. The average Bonchev–Trinajstić information content (AvgIpc) is 3.04. The molecule has 0 fully saturated rings. The van der Waals surface area contributed by atoms with Gasteiger partial charge in [0.1, 0.15) is 5.82 Å². The maximum absolute atomic E-state index is 13.6.